The fourth-order valence-corrected chi connectivity index (χ4v) is 1.27. The summed E-state index contributed by atoms with van der Waals surface area (Å²) < 4.78 is 4.78. The largest absolute Gasteiger partial charge is 0.472 e. The predicted molar refractivity (Wildman–Crippen MR) is 45.2 cm³/mol. The Kier molecular flexibility index (Phi) is 2.06. The van der Waals surface area contributed by atoms with E-state index in [1.54, 1.807) is 6.07 Å². The van der Waals surface area contributed by atoms with E-state index in [2.05, 4.69) is 5.32 Å². The first-order valence-corrected chi connectivity index (χ1v) is 4.25. The maximum absolute atomic E-state index is 11.4. The van der Waals surface area contributed by atoms with Crippen molar-refractivity contribution in [1.82, 2.24) is 5.32 Å². The highest BCUT2D eigenvalue weighted by atomic mass is 16.3. The molecule has 1 aliphatic carbocycles. The van der Waals surface area contributed by atoms with E-state index in [-0.39, 0.29) is 24.5 Å². The van der Waals surface area contributed by atoms with Gasteiger partial charge in [0.15, 0.2) is 0 Å². The minimum Gasteiger partial charge on any atom is -0.472 e. The van der Waals surface area contributed by atoms with Crippen molar-refractivity contribution < 1.29 is 14.3 Å². The highest BCUT2D eigenvalue weighted by Gasteiger charge is 2.37. The molecular formula is C9H11NO3. The van der Waals surface area contributed by atoms with Crippen molar-refractivity contribution in [2.75, 3.05) is 6.61 Å². The second-order valence-electron chi connectivity index (χ2n) is 3.27. The van der Waals surface area contributed by atoms with Crippen molar-refractivity contribution >= 4 is 5.91 Å². The number of rotatable bonds is 3. The van der Waals surface area contributed by atoms with E-state index in [1.807, 2.05) is 0 Å². The second kappa shape index (κ2) is 3.22. The van der Waals surface area contributed by atoms with Crippen LogP contribution in [0.3, 0.4) is 0 Å². The first-order valence-electron chi connectivity index (χ1n) is 4.25. The highest BCUT2D eigenvalue weighted by molar-refractivity contribution is 5.94. The fourth-order valence-electron chi connectivity index (χ4n) is 1.27. The van der Waals surface area contributed by atoms with E-state index in [1.165, 1.54) is 12.5 Å². The lowest BCUT2D eigenvalue weighted by Gasteiger charge is -2.00. The van der Waals surface area contributed by atoms with E-state index in [9.17, 15) is 4.79 Å². The molecule has 1 aromatic rings. The molecule has 0 saturated heterocycles. The van der Waals surface area contributed by atoms with Gasteiger partial charge in [-0.25, -0.2) is 0 Å². The van der Waals surface area contributed by atoms with Crippen LogP contribution in [0.2, 0.25) is 0 Å². The van der Waals surface area contributed by atoms with Crippen LogP contribution in [-0.4, -0.2) is 23.7 Å². The third-order valence-corrected chi connectivity index (χ3v) is 2.26. The van der Waals surface area contributed by atoms with Crippen molar-refractivity contribution in [3.05, 3.63) is 24.2 Å². The van der Waals surface area contributed by atoms with Gasteiger partial charge in [0.05, 0.1) is 11.8 Å². The van der Waals surface area contributed by atoms with Crippen LogP contribution in [0.15, 0.2) is 23.0 Å². The Hall–Kier alpha value is -1.29. The summed E-state index contributed by atoms with van der Waals surface area (Å²) >= 11 is 0. The van der Waals surface area contributed by atoms with E-state index in [4.69, 9.17) is 9.52 Å². The Morgan fingerprint density at radius 1 is 1.77 bits per heavy atom. The zero-order valence-corrected chi connectivity index (χ0v) is 7.06. The molecule has 4 heteroatoms. The normalized spacial score (nSPS) is 25.6. The minimum atomic E-state index is -0.130. The van der Waals surface area contributed by atoms with Crippen LogP contribution in [0.5, 0.6) is 0 Å². The van der Waals surface area contributed by atoms with Gasteiger partial charge in [-0.1, -0.05) is 0 Å². The number of carbonyl (C=O) groups is 1. The van der Waals surface area contributed by atoms with Gasteiger partial charge in [0, 0.05) is 18.6 Å². The maximum atomic E-state index is 11.4. The van der Waals surface area contributed by atoms with Crippen molar-refractivity contribution in [2.24, 2.45) is 5.92 Å². The third kappa shape index (κ3) is 1.72. The van der Waals surface area contributed by atoms with Gasteiger partial charge in [-0.3, -0.25) is 4.79 Å². The molecule has 2 N–H and O–H groups in total. The Labute approximate surface area is 75.6 Å². The molecule has 2 atom stereocenters. The molecule has 1 amide bonds. The summed E-state index contributed by atoms with van der Waals surface area (Å²) in [6.45, 7) is 0.149. The number of aliphatic hydroxyl groups excluding tert-OH is 1. The Balaban J connectivity index is 1.87. The van der Waals surface area contributed by atoms with Crippen LogP contribution in [0, 0.1) is 5.92 Å². The Bertz CT molecular complexity index is 294. The Morgan fingerprint density at radius 2 is 2.62 bits per heavy atom. The molecule has 1 saturated carbocycles. The molecule has 0 bridgehead atoms. The molecule has 70 valence electrons. The van der Waals surface area contributed by atoms with Gasteiger partial charge in [-0.05, 0) is 12.5 Å². The van der Waals surface area contributed by atoms with Gasteiger partial charge >= 0.3 is 0 Å². The smallest absolute Gasteiger partial charge is 0.254 e. The summed E-state index contributed by atoms with van der Waals surface area (Å²) in [6, 6.07) is 1.76. The fraction of sp³-hybridized carbons (Fsp3) is 0.444. The standard InChI is InChI=1S/C9H11NO3/c11-4-7-3-8(7)10-9(12)6-1-2-13-5-6/h1-2,5,7-8,11H,3-4H2,(H,10,12)/t7-,8+/m0/s1. The van der Waals surface area contributed by atoms with Crippen molar-refractivity contribution in [3.8, 4) is 0 Å². The molecule has 0 aromatic carbocycles. The van der Waals surface area contributed by atoms with Crippen LogP contribution in [0.4, 0.5) is 0 Å². The van der Waals surface area contributed by atoms with Crippen molar-refractivity contribution in [2.45, 2.75) is 12.5 Å². The number of amides is 1. The maximum Gasteiger partial charge on any atom is 0.254 e. The summed E-state index contributed by atoms with van der Waals surface area (Å²) in [4.78, 5) is 11.4. The van der Waals surface area contributed by atoms with Crippen LogP contribution in [0.25, 0.3) is 0 Å². The molecule has 1 aromatic heterocycles. The Morgan fingerprint density at radius 3 is 3.15 bits per heavy atom. The number of hydrogen-bond acceptors (Lipinski definition) is 3. The number of nitrogens with one attached hydrogen (secondary N) is 1. The summed E-state index contributed by atoms with van der Waals surface area (Å²) in [6.07, 6.45) is 3.75. The molecule has 0 radical (unpaired) electrons. The first-order chi connectivity index (χ1) is 6.31. The van der Waals surface area contributed by atoms with Crippen LogP contribution >= 0.6 is 0 Å². The van der Waals surface area contributed by atoms with E-state index >= 15 is 0 Å². The van der Waals surface area contributed by atoms with Gasteiger partial charge in [0.2, 0.25) is 0 Å². The molecule has 0 aliphatic heterocycles. The summed E-state index contributed by atoms with van der Waals surface area (Å²) in [7, 11) is 0. The highest BCUT2D eigenvalue weighted by Crippen LogP contribution is 2.29. The van der Waals surface area contributed by atoms with E-state index in [0.29, 0.717) is 5.56 Å². The van der Waals surface area contributed by atoms with Crippen LogP contribution in [0.1, 0.15) is 16.8 Å². The molecule has 0 spiro atoms. The summed E-state index contributed by atoms with van der Waals surface area (Å²) in [5.41, 5.74) is 0.531. The van der Waals surface area contributed by atoms with Gasteiger partial charge in [0.25, 0.3) is 5.91 Å². The quantitative estimate of drug-likeness (QED) is 0.709. The average molecular weight is 181 g/mol. The van der Waals surface area contributed by atoms with Gasteiger partial charge < -0.3 is 14.8 Å². The molecule has 1 aliphatic rings. The zero-order chi connectivity index (χ0) is 9.26. The van der Waals surface area contributed by atoms with Gasteiger partial charge in [-0.2, -0.15) is 0 Å². The van der Waals surface area contributed by atoms with Crippen molar-refractivity contribution in [1.29, 1.82) is 0 Å². The van der Waals surface area contributed by atoms with E-state index < -0.39 is 0 Å². The summed E-state index contributed by atoms with van der Waals surface area (Å²) in [5, 5.41) is 11.5. The number of carbonyl (C=O) groups excluding carboxylic acids is 1. The van der Waals surface area contributed by atoms with Gasteiger partial charge in [0.1, 0.15) is 6.26 Å². The topological polar surface area (TPSA) is 62.5 Å². The number of aliphatic hydroxyl groups is 1. The lowest BCUT2D eigenvalue weighted by atomic mass is 10.3. The zero-order valence-electron chi connectivity index (χ0n) is 7.06. The van der Waals surface area contributed by atoms with E-state index in [0.717, 1.165) is 6.42 Å². The SMILES string of the molecule is O=C(N[C@@H]1C[C@H]1CO)c1ccoc1. The lowest BCUT2D eigenvalue weighted by Crippen LogP contribution is -2.26. The molecule has 1 fully saturated rings. The average Bonchev–Trinajstić information content (AvgIpc) is 2.68. The monoisotopic (exact) mass is 181 g/mol. The lowest BCUT2D eigenvalue weighted by molar-refractivity contribution is 0.0947. The molecule has 4 nitrogen and oxygen atoms in total. The summed E-state index contributed by atoms with van der Waals surface area (Å²) in [5.74, 6) is 0.116. The first kappa shape index (κ1) is 8.31. The second-order valence-corrected chi connectivity index (χ2v) is 3.27. The van der Waals surface area contributed by atoms with Crippen molar-refractivity contribution in [3.63, 3.8) is 0 Å². The molecule has 2 rings (SSSR count). The number of hydrogen-bond donors (Lipinski definition) is 2. The van der Waals surface area contributed by atoms with Crippen LogP contribution in [-0.2, 0) is 0 Å². The molecule has 13 heavy (non-hydrogen) atoms. The van der Waals surface area contributed by atoms with Gasteiger partial charge in [-0.15, -0.1) is 0 Å². The molecular weight excluding hydrogens is 170 g/mol. The predicted octanol–water partition coefficient (Wildman–Crippen LogP) is 0.390. The van der Waals surface area contributed by atoms with Crippen LogP contribution < -0.4 is 5.32 Å². The molecule has 0 unspecified atom stereocenters. The minimum absolute atomic E-state index is 0.130. The number of furan rings is 1. The third-order valence-electron chi connectivity index (χ3n) is 2.26. The molecule has 1 heterocycles.